The molecule has 0 saturated carbocycles. The van der Waals surface area contributed by atoms with Crippen molar-refractivity contribution in [1.82, 2.24) is 9.55 Å². The number of amides is 1. The zero-order chi connectivity index (χ0) is 18.6. The summed E-state index contributed by atoms with van der Waals surface area (Å²) in [5.41, 5.74) is 5.13. The Kier molecular flexibility index (Phi) is 6.67. The molecule has 0 aliphatic rings. The van der Waals surface area contributed by atoms with E-state index in [4.69, 9.17) is 4.74 Å². The first-order chi connectivity index (χ1) is 11.8. The van der Waals surface area contributed by atoms with Crippen molar-refractivity contribution in [2.24, 2.45) is 0 Å². The van der Waals surface area contributed by atoms with Crippen LogP contribution in [0, 0.1) is 27.7 Å². The highest BCUT2D eigenvalue weighted by Gasteiger charge is 2.20. The Labute approximate surface area is 154 Å². The summed E-state index contributed by atoms with van der Waals surface area (Å²) in [6.07, 6.45) is 0. The standard InChI is InChI=1S/C19H27N3O2S/c1-12-8-7-9-13(2)17(12)21-18(23)16(5)25-19-20-14(3)15(4)22(19)10-11-24-6/h7-9,16H,10-11H2,1-6H3,(H,21,23). The maximum absolute atomic E-state index is 12.6. The van der Waals surface area contributed by atoms with Gasteiger partial charge < -0.3 is 14.6 Å². The number of para-hydroxylation sites is 1. The summed E-state index contributed by atoms with van der Waals surface area (Å²) >= 11 is 1.48. The van der Waals surface area contributed by atoms with Crippen molar-refractivity contribution in [3.63, 3.8) is 0 Å². The number of thioether (sulfide) groups is 1. The topological polar surface area (TPSA) is 56.1 Å². The van der Waals surface area contributed by atoms with Gasteiger partial charge >= 0.3 is 0 Å². The Morgan fingerprint density at radius 1 is 1.28 bits per heavy atom. The minimum Gasteiger partial charge on any atom is -0.383 e. The molecule has 136 valence electrons. The summed E-state index contributed by atoms with van der Waals surface area (Å²) in [6.45, 7) is 11.3. The van der Waals surface area contributed by atoms with E-state index in [9.17, 15) is 4.79 Å². The molecule has 0 radical (unpaired) electrons. The first-order valence-electron chi connectivity index (χ1n) is 8.41. The number of methoxy groups -OCH3 is 1. The van der Waals surface area contributed by atoms with Gasteiger partial charge in [-0.3, -0.25) is 4.79 Å². The fourth-order valence-electron chi connectivity index (χ4n) is 2.61. The van der Waals surface area contributed by atoms with E-state index in [2.05, 4.69) is 14.9 Å². The molecular weight excluding hydrogens is 334 g/mol. The molecule has 0 fully saturated rings. The molecule has 1 heterocycles. The fourth-order valence-corrected chi connectivity index (χ4v) is 3.63. The van der Waals surface area contributed by atoms with Crippen molar-refractivity contribution >= 4 is 23.4 Å². The smallest absolute Gasteiger partial charge is 0.237 e. The molecule has 1 N–H and O–H groups in total. The molecule has 1 atom stereocenters. The normalized spacial score (nSPS) is 12.2. The number of nitrogens with zero attached hydrogens (tertiary/aromatic N) is 2. The van der Waals surface area contributed by atoms with E-state index in [0.717, 1.165) is 39.9 Å². The number of aryl methyl sites for hydroxylation is 3. The Morgan fingerprint density at radius 3 is 2.52 bits per heavy atom. The minimum atomic E-state index is -0.249. The summed E-state index contributed by atoms with van der Waals surface area (Å²) in [5.74, 6) is -0.0148. The average molecular weight is 362 g/mol. The molecule has 0 bridgehead atoms. The molecule has 0 saturated heterocycles. The van der Waals surface area contributed by atoms with Crippen LogP contribution in [0.2, 0.25) is 0 Å². The molecule has 5 nitrogen and oxygen atoms in total. The highest BCUT2D eigenvalue weighted by atomic mass is 32.2. The van der Waals surface area contributed by atoms with Crippen LogP contribution in [0.4, 0.5) is 5.69 Å². The summed E-state index contributed by atoms with van der Waals surface area (Å²) in [4.78, 5) is 17.3. The maximum atomic E-state index is 12.6. The van der Waals surface area contributed by atoms with E-state index in [0.29, 0.717) is 6.61 Å². The van der Waals surface area contributed by atoms with Gasteiger partial charge in [0.1, 0.15) is 0 Å². The second-order valence-corrected chi connectivity index (χ2v) is 7.53. The van der Waals surface area contributed by atoms with Gasteiger partial charge in [0.2, 0.25) is 5.91 Å². The summed E-state index contributed by atoms with van der Waals surface area (Å²) in [6, 6.07) is 6.01. The van der Waals surface area contributed by atoms with E-state index in [-0.39, 0.29) is 11.2 Å². The highest BCUT2D eigenvalue weighted by Crippen LogP contribution is 2.27. The van der Waals surface area contributed by atoms with Crippen LogP contribution in [-0.4, -0.2) is 34.4 Å². The fraction of sp³-hybridized carbons (Fsp3) is 0.474. The number of ether oxygens (including phenoxy) is 1. The van der Waals surface area contributed by atoms with Crippen molar-refractivity contribution in [1.29, 1.82) is 0 Å². The quantitative estimate of drug-likeness (QED) is 0.760. The van der Waals surface area contributed by atoms with Crippen LogP contribution in [0.1, 0.15) is 29.4 Å². The second-order valence-electron chi connectivity index (χ2n) is 6.23. The third-order valence-corrected chi connectivity index (χ3v) is 5.41. The van der Waals surface area contributed by atoms with Crippen molar-refractivity contribution in [3.8, 4) is 0 Å². The van der Waals surface area contributed by atoms with Gasteiger partial charge in [-0.15, -0.1) is 0 Å². The molecule has 0 aliphatic heterocycles. The van der Waals surface area contributed by atoms with Gasteiger partial charge in [-0.2, -0.15) is 0 Å². The van der Waals surface area contributed by atoms with Crippen molar-refractivity contribution in [3.05, 3.63) is 40.7 Å². The molecule has 0 aliphatic carbocycles. The third kappa shape index (κ3) is 4.64. The molecule has 0 spiro atoms. The number of anilines is 1. The largest absolute Gasteiger partial charge is 0.383 e. The maximum Gasteiger partial charge on any atom is 0.237 e. The third-order valence-electron chi connectivity index (χ3n) is 4.32. The Hall–Kier alpha value is -1.79. The van der Waals surface area contributed by atoms with Crippen LogP contribution in [0.15, 0.2) is 23.4 Å². The van der Waals surface area contributed by atoms with E-state index in [1.165, 1.54) is 11.8 Å². The Bertz CT molecular complexity index is 735. The molecule has 1 aromatic carbocycles. The molecule has 2 rings (SSSR count). The minimum absolute atomic E-state index is 0.0148. The van der Waals surface area contributed by atoms with E-state index in [1.807, 2.05) is 52.8 Å². The second kappa shape index (κ2) is 8.54. The Morgan fingerprint density at radius 2 is 1.92 bits per heavy atom. The lowest BCUT2D eigenvalue weighted by Crippen LogP contribution is -2.24. The number of imidazole rings is 1. The Balaban J connectivity index is 2.12. The lowest BCUT2D eigenvalue weighted by atomic mass is 10.1. The number of hydrogen-bond acceptors (Lipinski definition) is 4. The van der Waals surface area contributed by atoms with Crippen LogP contribution < -0.4 is 5.32 Å². The molecule has 2 aromatic rings. The van der Waals surface area contributed by atoms with Crippen LogP contribution in [-0.2, 0) is 16.1 Å². The number of nitrogens with one attached hydrogen (secondary N) is 1. The SMILES string of the molecule is COCCn1c(SC(C)C(=O)Nc2c(C)cccc2C)nc(C)c1C. The monoisotopic (exact) mass is 361 g/mol. The number of rotatable bonds is 7. The number of benzene rings is 1. The highest BCUT2D eigenvalue weighted by molar-refractivity contribution is 8.00. The predicted molar refractivity (Wildman–Crippen MR) is 103 cm³/mol. The lowest BCUT2D eigenvalue weighted by molar-refractivity contribution is -0.115. The zero-order valence-corrected chi connectivity index (χ0v) is 16.7. The number of carbonyl (C=O) groups excluding carboxylic acids is 1. The number of carbonyl (C=O) groups is 1. The summed E-state index contributed by atoms with van der Waals surface area (Å²) < 4.78 is 7.30. The molecule has 6 heteroatoms. The van der Waals surface area contributed by atoms with Gasteiger partial charge in [0.25, 0.3) is 0 Å². The predicted octanol–water partition coefficient (Wildman–Crippen LogP) is 3.88. The van der Waals surface area contributed by atoms with Crippen molar-refractivity contribution < 1.29 is 9.53 Å². The zero-order valence-electron chi connectivity index (χ0n) is 15.8. The lowest BCUT2D eigenvalue weighted by Gasteiger charge is -2.16. The van der Waals surface area contributed by atoms with Gasteiger partial charge in [-0.25, -0.2) is 4.98 Å². The molecule has 1 unspecified atom stereocenters. The molecule has 1 amide bonds. The van der Waals surface area contributed by atoms with Gasteiger partial charge in [-0.05, 0) is 45.7 Å². The van der Waals surface area contributed by atoms with E-state index in [1.54, 1.807) is 7.11 Å². The first kappa shape index (κ1) is 19.5. The van der Waals surface area contributed by atoms with E-state index >= 15 is 0 Å². The molecular formula is C19H27N3O2S. The number of aromatic nitrogens is 2. The van der Waals surface area contributed by atoms with Gasteiger partial charge in [-0.1, -0.05) is 30.0 Å². The van der Waals surface area contributed by atoms with Crippen LogP contribution in [0.5, 0.6) is 0 Å². The van der Waals surface area contributed by atoms with Crippen molar-refractivity contribution in [2.75, 3.05) is 19.0 Å². The summed E-state index contributed by atoms with van der Waals surface area (Å²) in [7, 11) is 1.69. The molecule has 1 aromatic heterocycles. The first-order valence-corrected chi connectivity index (χ1v) is 9.29. The van der Waals surface area contributed by atoms with E-state index < -0.39 is 0 Å². The average Bonchev–Trinajstić information content (AvgIpc) is 2.83. The van der Waals surface area contributed by atoms with Crippen molar-refractivity contribution in [2.45, 2.75) is 51.6 Å². The van der Waals surface area contributed by atoms with Crippen LogP contribution >= 0.6 is 11.8 Å². The molecule has 25 heavy (non-hydrogen) atoms. The van der Waals surface area contributed by atoms with Gasteiger partial charge in [0.05, 0.1) is 17.6 Å². The van der Waals surface area contributed by atoms with Gasteiger partial charge in [0.15, 0.2) is 5.16 Å². The summed E-state index contributed by atoms with van der Waals surface area (Å²) in [5, 5.41) is 3.67. The number of hydrogen-bond donors (Lipinski definition) is 1. The van der Waals surface area contributed by atoms with Crippen LogP contribution in [0.25, 0.3) is 0 Å². The van der Waals surface area contributed by atoms with Gasteiger partial charge in [0, 0.05) is 25.0 Å². The van der Waals surface area contributed by atoms with Crippen LogP contribution in [0.3, 0.4) is 0 Å².